The second-order valence-electron chi connectivity index (χ2n) is 7.83. The molecule has 7 heteroatoms. The van der Waals surface area contributed by atoms with Crippen LogP contribution in [0.25, 0.3) is 0 Å². The van der Waals surface area contributed by atoms with Crippen molar-refractivity contribution in [1.82, 2.24) is 9.62 Å². The number of benzene rings is 1. The highest BCUT2D eigenvalue weighted by molar-refractivity contribution is 7.88. The Balaban J connectivity index is 1.57. The van der Waals surface area contributed by atoms with E-state index in [9.17, 15) is 13.2 Å². The van der Waals surface area contributed by atoms with E-state index >= 15 is 0 Å². The van der Waals surface area contributed by atoms with Gasteiger partial charge in [0.1, 0.15) is 0 Å². The molecule has 6 nitrogen and oxygen atoms in total. The number of carbonyl (C=O) groups excluding carboxylic acids is 1. The Labute approximate surface area is 163 Å². The molecule has 150 valence electrons. The van der Waals surface area contributed by atoms with Crippen molar-refractivity contribution >= 4 is 21.6 Å². The Morgan fingerprint density at radius 2 is 1.74 bits per heavy atom. The van der Waals surface area contributed by atoms with E-state index in [2.05, 4.69) is 34.5 Å². The highest BCUT2D eigenvalue weighted by Crippen LogP contribution is 2.24. The second-order valence-corrected chi connectivity index (χ2v) is 9.81. The van der Waals surface area contributed by atoms with Crippen LogP contribution in [0.4, 0.5) is 5.69 Å². The number of nitrogens with zero attached hydrogens (tertiary/aromatic N) is 2. The van der Waals surface area contributed by atoms with Crippen molar-refractivity contribution in [3.05, 3.63) is 29.8 Å². The van der Waals surface area contributed by atoms with Crippen LogP contribution >= 0.6 is 0 Å². The van der Waals surface area contributed by atoms with E-state index in [1.54, 1.807) is 0 Å². The molecule has 1 aromatic carbocycles. The van der Waals surface area contributed by atoms with E-state index in [0.29, 0.717) is 6.54 Å². The van der Waals surface area contributed by atoms with Gasteiger partial charge in [-0.15, -0.1) is 0 Å². The molecule has 2 aliphatic rings. The van der Waals surface area contributed by atoms with Crippen molar-refractivity contribution in [1.29, 1.82) is 0 Å². The van der Waals surface area contributed by atoms with E-state index in [0.717, 1.165) is 31.5 Å². The molecule has 27 heavy (non-hydrogen) atoms. The first-order valence-corrected chi connectivity index (χ1v) is 11.8. The lowest BCUT2D eigenvalue weighted by Crippen LogP contribution is -2.45. The molecular formula is C20H31N3O3S. The van der Waals surface area contributed by atoms with Gasteiger partial charge in [0.05, 0.1) is 18.2 Å². The maximum absolute atomic E-state index is 12.6. The number of nitrogens with one attached hydrogen (secondary N) is 1. The Kier molecular flexibility index (Phi) is 6.42. The molecule has 0 spiro atoms. The van der Waals surface area contributed by atoms with Crippen LogP contribution < -0.4 is 10.2 Å². The number of rotatable bonds is 5. The molecule has 0 bridgehead atoms. The summed E-state index contributed by atoms with van der Waals surface area (Å²) in [5.74, 6) is -0.334. The van der Waals surface area contributed by atoms with E-state index in [-0.39, 0.29) is 24.4 Å². The van der Waals surface area contributed by atoms with Gasteiger partial charge in [0.2, 0.25) is 15.9 Å². The van der Waals surface area contributed by atoms with Crippen LogP contribution in [0.5, 0.6) is 0 Å². The summed E-state index contributed by atoms with van der Waals surface area (Å²) < 4.78 is 24.9. The highest BCUT2D eigenvalue weighted by atomic mass is 32.2. The predicted octanol–water partition coefficient (Wildman–Crippen LogP) is 2.53. The summed E-state index contributed by atoms with van der Waals surface area (Å²) in [5, 5.41) is 3.06. The van der Waals surface area contributed by atoms with Gasteiger partial charge in [-0.2, -0.15) is 0 Å². The smallest absolute Gasteiger partial charge is 0.224 e. The molecule has 1 amide bonds. The maximum Gasteiger partial charge on any atom is 0.224 e. The van der Waals surface area contributed by atoms with Gasteiger partial charge in [0.25, 0.3) is 0 Å². The number of amides is 1. The van der Waals surface area contributed by atoms with Gasteiger partial charge < -0.3 is 10.2 Å². The molecular weight excluding hydrogens is 362 g/mol. The summed E-state index contributed by atoms with van der Waals surface area (Å²) in [6, 6.07) is 8.34. The van der Waals surface area contributed by atoms with E-state index in [1.165, 1.54) is 35.5 Å². The Bertz CT molecular complexity index is 742. The lowest BCUT2D eigenvalue weighted by molar-refractivity contribution is -0.126. The van der Waals surface area contributed by atoms with E-state index in [1.807, 2.05) is 6.92 Å². The van der Waals surface area contributed by atoms with Crippen molar-refractivity contribution in [2.24, 2.45) is 5.92 Å². The minimum absolute atomic E-state index is 0.0593. The summed E-state index contributed by atoms with van der Waals surface area (Å²) in [6.07, 6.45) is 6.48. The normalized spacial score (nSPS) is 23.0. The topological polar surface area (TPSA) is 69.7 Å². The van der Waals surface area contributed by atoms with Crippen LogP contribution in [0.3, 0.4) is 0 Å². The van der Waals surface area contributed by atoms with Gasteiger partial charge in [-0.05, 0) is 56.7 Å². The zero-order chi connectivity index (χ0) is 19.4. The van der Waals surface area contributed by atoms with Crippen molar-refractivity contribution < 1.29 is 13.2 Å². The van der Waals surface area contributed by atoms with Crippen molar-refractivity contribution in [3.8, 4) is 0 Å². The summed E-state index contributed by atoms with van der Waals surface area (Å²) in [6.45, 7) is 5.00. The summed E-state index contributed by atoms with van der Waals surface area (Å²) >= 11 is 0. The molecule has 2 aliphatic heterocycles. The summed E-state index contributed by atoms with van der Waals surface area (Å²) in [4.78, 5) is 15.0. The van der Waals surface area contributed by atoms with Crippen molar-refractivity contribution in [2.45, 2.75) is 45.1 Å². The average Bonchev–Trinajstić information content (AvgIpc) is 2.68. The van der Waals surface area contributed by atoms with Crippen LogP contribution in [0.1, 0.15) is 50.6 Å². The lowest BCUT2D eigenvalue weighted by atomic mass is 9.97. The van der Waals surface area contributed by atoms with Crippen LogP contribution in [0, 0.1) is 5.92 Å². The molecule has 2 saturated heterocycles. The number of carbonyl (C=O) groups is 1. The van der Waals surface area contributed by atoms with Crippen molar-refractivity contribution in [2.75, 3.05) is 37.3 Å². The van der Waals surface area contributed by atoms with Gasteiger partial charge in [0, 0.05) is 31.9 Å². The van der Waals surface area contributed by atoms with Crippen LogP contribution in [-0.2, 0) is 14.8 Å². The zero-order valence-corrected chi connectivity index (χ0v) is 17.2. The third-order valence-electron chi connectivity index (χ3n) is 5.70. The molecule has 0 radical (unpaired) electrons. The number of sulfonamides is 1. The molecule has 0 saturated carbocycles. The summed E-state index contributed by atoms with van der Waals surface area (Å²) in [7, 11) is -3.24. The zero-order valence-electron chi connectivity index (χ0n) is 16.4. The van der Waals surface area contributed by atoms with Crippen LogP contribution in [0.2, 0.25) is 0 Å². The Hall–Kier alpha value is -1.60. The highest BCUT2D eigenvalue weighted by Gasteiger charge is 2.30. The van der Waals surface area contributed by atoms with Gasteiger partial charge in [0.15, 0.2) is 0 Å². The number of hydrogen-bond donors (Lipinski definition) is 1. The quantitative estimate of drug-likeness (QED) is 0.835. The molecule has 3 rings (SSSR count). The Morgan fingerprint density at radius 1 is 1.07 bits per heavy atom. The standard InChI is InChI=1S/C20H31N3O3S/c1-16(17-8-10-19(11-9-17)22-12-4-3-5-13-22)21-20(24)18-7-6-14-23(15-18)27(2,25)26/h8-11,16,18H,3-7,12-15H2,1-2H3,(H,21,24)/t16-,18-/m1/s1. The minimum Gasteiger partial charge on any atom is -0.372 e. The third kappa shape index (κ3) is 5.23. The SMILES string of the molecule is C[C@@H](NC(=O)[C@@H]1CCCN(S(C)(=O)=O)C1)c1ccc(N2CCCCC2)cc1. The fraction of sp³-hybridized carbons (Fsp3) is 0.650. The Morgan fingerprint density at radius 3 is 2.37 bits per heavy atom. The van der Waals surface area contributed by atoms with Crippen molar-refractivity contribution in [3.63, 3.8) is 0 Å². The molecule has 0 unspecified atom stereocenters. The molecule has 0 aromatic heterocycles. The fourth-order valence-electron chi connectivity index (χ4n) is 4.00. The second kappa shape index (κ2) is 8.61. The average molecular weight is 394 g/mol. The van der Waals surface area contributed by atoms with Crippen LogP contribution in [-0.4, -0.2) is 51.1 Å². The monoisotopic (exact) mass is 393 g/mol. The first kappa shape index (κ1) is 20.1. The molecule has 2 fully saturated rings. The third-order valence-corrected chi connectivity index (χ3v) is 6.97. The number of anilines is 1. The minimum atomic E-state index is -3.24. The number of piperidine rings is 2. The first-order valence-electron chi connectivity index (χ1n) is 9.95. The molecule has 1 N–H and O–H groups in total. The van der Waals surface area contributed by atoms with E-state index < -0.39 is 10.0 Å². The van der Waals surface area contributed by atoms with Gasteiger partial charge >= 0.3 is 0 Å². The maximum atomic E-state index is 12.6. The molecule has 0 aliphatic carbocycles. The van der Waals surface area contributed by atoms with Crippen LogP contribution in [0.15, 0.2) is 24.3 Å². The predicted molar refractivity (Wildman–Crippen MR) is 108 cm³/mol. The first-order chi connectivity index (χ1) is 12.8. The largest absolute Gasteiger partial charge is 0.372 e. The molecule has 2 atom stereocenters. The van der Waals surface area contributed by atoms with Gasteiger partial charge in [-0.1, -0.05) is 12.1 Å². The summed E-state index contributed by atoms with van der Waals surface area (Å²) in [5.41, 5.74) is 2.31. The van der Waals surface area contributed by atoms with Gasteiger partial charge in [-0.3, -0.25) is 4.79 Å². The van der Waals surface area contributed by atoms with Gasteiger partial charge in [-0.25, -0.2) is 12.7 Å². The lowest BCUT2D eigenvalue weighted by Gasteiger charge is -2.31. The molecule has 1 aromatic rings. The fourth-order valence-corrected chi connectivity index (χ4v) is 4.91. The number of hydrogen-bond acceptors (Lipinski definition) is 4. The van der Waals surface area contributed by atoms with E-state index in [4.69, 9.17) is 0 Å². The molecule has 2 heterocycles.